The lowest BCUT2D eigenvalue weighted by molar-refractivity contribution is 0.768. The molecule has 0 amide bonds. The number of anilines is 4. The molecule has 1 fully saturated rings. The Morgan fingerprint density at radius 2 is 2.04 bits per heavy atom. The summed E-state index contributed by atoms with van der Waals surface area (Å²) < 4.78 is 1.70. The molecule has 0 aromatic carbocycles. The summed E-state index contributed by atoms with van der Waals surface area (Å²) in [5.74, 6) is 2.05. The van der Waals surface area contributed by atoms with Crippen LogP contribution in [-0.2, 0) is 13.6 Å². The average molecular weight is 377 g/mol. The van der Waals surface area contributed by atoms with Crippen LogP contribution >= 0.6 is 0 Å². The van der Waals surface area contributed by atoms with E-state index < -0.39 is 0 Å². The zero-order chi connectivity index (χ0) is 19.3. The molecule has 0 saturated carbocycles. The van der Waals surface area contributed by atoms with Crippen molar-refractivity contribution in [3.63, 3.8) is 0 Å². The van der Waals surface area contributed by atoms with E-state index in [1.165, 1.54) is 19.1 Å². The van der Waals surface area contributed by atoms with Crippen molar-refractivity contribution < 1.29 is 0 Å². The summed E-state index contributed by atoms with van der Waals surface area (Å²) in [7, 11) is 1.85. The van der Waals surface area contributed by atoms with Gasteiger partial charge >= 0.3 is 0 Å². The van der Waals surface area contributed by atoms with E-state index in [0.29, 0.717) is 23.9 Å². The minimum absolute atomic E-state index is 0.444. The second-order valence-corrected chi connectivity index (χ2v) is 6.70. The van der Waals surface area contributed by atoms with Gasteiger partial charge in [-0.15, -0.1) is 0 Å². The molecule has 0 radical (unpaired) electrons. The van der Waals surface area contributed by atoms with Gasteiger partial charge in [0.2, 0.25) is 5.95 Å². The highest BCUT2D eigenvalue weighted by atomic mass is 15.3. The Hall–Kier alpha value is -3.49. The van der Waals surface area contributed by atoms with E-state index >= 15 is 0 Å². The summed E-state index contributed by atoms with van der Waals surface area (Å²) in [6, 6.07) is 6.08. The topological polar surface area (TPSA) is 108 Å². The van der Waals surface area contributed by atoms with Crippen LogP contribution in [0.25, 0.3) is 0 Å². The molecule has 9 nitrogen and oxygen atoms in total. The van der Waals surface area contributed by atoms with Crippen molar-refractivity contribution in [2.45, 2.75) is 19.4 Å². The Labute approximate surface area is 163 Å². The molecule has 0 spiro atoms. The van der Waals surface area contributed by atoms with Gasteiger partial charge in [-0.05, 0) is 25.0 Å². The lowest BCUT2D eigenvalue weighted by atomic mass is 10.3. The van der Waals surface area contributed by atoms with Gasteiger partial charge < -0.3 is 20.9 Å². The summed E-state index contributed by atoms with van der Waals surface area (Å²) >= 11 is 0. The number of hydrogen-bond acceptors (Lipinski definition) is 8. The van der Waals surface area contributed by atoms with E-state index in [9.17, 15) is 0 Å². The van der Waals surface area contributed by atoms with Gasteiger partial charge in [0, 0.05) is 38.7 Å². The standard InChI is InChI=1S/C19H23N9/c1-27-13-16(12-23-27)25-19-22-10-14(9-20)18(26-19)21-11-15-5-4-6-17(24-15)28-7-2-3-8-28/h4-6,9-10,12-13,20H,2-3,7-8,11H2,1H3,(H2,21,22,25,26). The third-order valence-corrected chi connectivity index (χ3v) is 4.59. The first-order chi connectivity index (χ1) is 13.7. The molecule has 1 saturated heterocycles. The molecular weight excluding hydrogens is 354 g/mol. The first-order valence-electron chi connectivity index (χ1n) is 9.29. The van der Waals surface area contributed by atoms with Crippen molar-refractivity contribution in [2.24, 2.45) is 7.05 Å². The van der Waals surface area contributed by atoms with Gasteiger partial charge in [-0.25, -0.2) is 9.97 Å². The summed E-state index contributed by atoms with van der Waals surface area (Å²) in [6.45, 7) is 2.65. The van der Waals surface area contributed by atoms with Crippen molar-refractivity contribution in [3.05, 3.63) is 48.0 Å². The third kappa shape index (κ3) is 4.08. The molecule has 3 aromatic heterocycles. The fourth-order valence-electron chi connectivity index (χ4n) is 3.18. The van der Waals surface area contributed by atoms with Gasteiger partial charge in [0.1, 0.15) is 11.6 Å². The van der Waals surface area contributed by atoms with E-state index in [4.69, 9.17) is 10.4 Å². The maximum absolute atomic E-state index is 7.61. The van der Waals surface area contributed by atoms with E-state index in [1.54, 1.807) is 17.1 Å². The van der Waals surface area contributed by atoms with E-state index in [0.717, 1.165) is 30.3 Å². The van der Waals surface area contributed by atoms with Crippen LogP contribution in [0.3, 0.4) is 0 Å². The Balaban J connectivity index is 1.48. The number of nitrogens with one attached hydrogen (secondary N) is 3. The maximum atomic E-state index is 7.61. The summed E-state index contributed by atoms with van der Waals surface area (Å²) in [6.07, 6.45) is 8.85. The normalized spacial score (nSPS) is 13.5. The van der Waals surface area contributed by atoms with Gasteiger partial charge in [-0.2, -0.15) is 10.1 Å². The molecular formula is C19H23N9. The van der Waals surface area contributed by atoms with Crippen LogP contribution in [0.5, 0.6) is 0 Å². The van der Waals surface area contributed by atoms with E-state index in [2.05, 4.69) is 36.7 Å². The molecule has 0 bridgehead atoms. The number of rotatable bonds is 7. The molecule has 3 N–H and O–H groups in total. The van der Waals surface area contributed by atoms with Crippen molar-refractivity contribution >= 4 is 29.5 Å². The largest absolute Gasteiger partial charge is 0.364 e. The second-order valence-electron chi connectivity index (χ2n) is 6.70. The number of aromatic nitrogens is 5. The second kappa shape index (κ2) is 8.03. The van der Waals surface area contributed by atoms with Gasteiger partial charge in [0.25, 0.3) is 0 Å². The van der Waals surface area contributed by atoms with Gasteiger partial charge in [0.05, 0.1) is 29.7 Å². The van der Waals surface area contributed by atoms with Crippen LogP contribution < -0.4 is 15.5 Å². The molecule has 28 heavy (non-hydrogen) atoms. The van der Waals surface area contributed by atoms with Gasteiger partial charge in [-0.1, -0.05) is 6.07 Å². The van der Waals surface area contributed by atoms with Crippen LogP contribution in [-0.4, -0.2) is 44.0 Å². The van der Waals surface area contributed by atoms with Crippen molar-refractivity contribution in [2.75, 3.05) is 28.6 Å². The molecule has 1 aliphatic heterocycles. The van der Waals surface area contributed by atoms with Crippen LogP contribution in [0.4, 0.5) is 23.3 Å². The minimum Gasteiger partial charge on any atom is -0.364 e. The van der Waals surface area contributed by atoms with Crippen molar-refractivity contribution in [1.29, 1.82) is 5.41 Å². The first-order valence-corrected chi connectivity index (χ1v) is 9.29. The molecule has 0 unspecified atom stereocenters. The Morgan fingerprint density at radius 1 is 1.18 bits per heavy atom. The van der Waals surface area contributed by atoms with Gasteiger partial charge in [-0.3, -0.25) is 4.68 Å². The Morgan fingerprint density at radius 3 is 2.79 bits per heavy atom. The SMILES string of the molecule is Cn1cc(Nc2ncc(C=N)c(NCc3cccc(N4CCCC4)n3)n2)cn1. The average Bonchev–Trinajstić information content (AvgIpc) is 3.39. The molecule has 4 rings (SSSR count). The maximum Gasteiger partial charge on any atom is 0.229 e. The number of pyridine rings is 1. The molecule has 3 aromatic rings. The molecule has 4 heterocycles. The Kier molecular flexibility index (Phi) is 5.14. The number of hydrogen-bond donors (Lipinski definition) is 3. The summed E-state index contributed by atoms with van der Waals surface area (Å²) in [5, 5.41) is 18.1. The van der Waals surface area contributed by atoms with Crippen LogP contribution in [0.15, 0.2) is 36.8 Å². The molecule has 144 valence electrons. The van der Waals surface area contributed by atoms with Crippen molar-refractivity contribution in [1.82, 2.24) is 24.7 Å². The predicted molar refractivity (Wildman–Crippen MR) is 109 cm³/mol. The fraction of sp³-hybridized carbons (Fsp3) is 0.316. The third-order valence-electron chi connectivity index (χ3n) is 4.59. The molecule has 1 aliphatic rings. The van der Waals surface area contributed by atoms with E-state index in [1.807, 2.05) is 25.4 Å². The van der Waals surface area contributed by atoms with Crippen molar-refractivity contribution in [3.8, 4) is 0 Å². The first kappa shape index (κ1) is 17.9. The van der Waals surface area contributed by atoms with Gasteiger partial charge in [0.15, 0.2) is 0 Å². The zero-order valence-corrected chi connectivity index (χ0v) is 15.8. The van der Waals surface area contributed by atoms with E-state index in [-0.39, 0.29) is 0 Å². The molecule has 9 heteroatoms. The predicted octanol–water partition coefficient (Wildman–Crippen LogP) is 2.56. The number of nitrogens with zero attached hydrogens (tertiary/aromatic N) is 6. The lowest BCUT2D eigenvalue weighted by Gasteiger charge is -2.17. The lowest BCUT2D eigenvalue weighted by Crippen LogP contribution is -2.19. The minimum atomic E-state index is 0.444. The monoisotopic (exact) mass is 377 g/mol. The van der Waals surface area contributed by atoms with Crippen LogP contribution in [0.2, 0.25) is 0 Å². The quantitative estimate of drug-likeness (QED) is 0.543. The highest BCUT2D eigenvalue weighted by molar-refractivity contribution is 5.84. The summed E-state index contributed by atoms with van der Waals surface area (Å²) in [5.41, 5.74) is 2.35. The fourth-order valence-corrected chi connectivity index (χ4v) is 3.18. The number of aryl methyl sites for hydroxylation is 1. The highest BCUT2D eigenvalue weighted by Gasteiger charge is 2.14. The van der Waals surface area contributed by atoms with Crippen LogP contribution in [0.1, 0.15) is 24.1 Å². The van der Waals surface area contributed by atoms with Crippen LogP contribution in [0, 0.1) is 5.41 Å². The Bertz CT molecular complexity index is 960. The highest BCUT2D eigenvalue weighted by Crippen LogP contribution is 2.19. The molecule has 0 atom stereocenters. The smallest absolute Gasteiger partial charge is 0.229 e. The summed E-state index contributed by atoms with van der Waals surface area (Å²) in [4.78, 5) is 15.8. The zero-order valence-electron chi connectivity index (χ0n) is 15.8. The molecule has 0 aliphatic carbocycles.